The lowest BCUT2D eigenvalue weighted by Crippen LogP contribution is -2.31. The van der Waals surface area contributed by atoms with Crippen molar-refractivity contribution in [1.29, 1.82) is 0 Å². The number of hydrogen-bond acceptors (Lipinski definition) is 6. The van der Waals surface area contributed by atoms with E-state index >= 15 is 0 Å². The zero-order chi connectivity index (χ0) is 22.9. The first kappa shape index (κ1) is 21.9. The van der Waals surface area contributed by atoms with Crippen LogP contribution < -0.4 is 0 Å². The SMILES string of the molecule is C[C@H]1CCc2c(C(=O)OCC(=O)N3N=C(c4ccc(Cl)cc4)C[C@@H]3c3ccco3)csc2C1. The number of nitrogens with zero attached hydrogens (tertiary/aromatic N) is 2. The van der Waals surface area contributed by atoms with Crippen LogP contribution in [0.4, 0.5) is 0 Å². The van der Waals surface area contributed by atoms with Crippen molar-refractivity contribution in [3.05, 3.63) is 80.4 Å². The van der Waals surface area contributed by atoms with Crippen LogP contribution in [-0.2, 0) is 22.4 Å². The highest BCUT2D eigenvalue weighted by atomic mass is 35.5. The fourth-order valence-corrected chi connectivity index (χ4v) is 5.74. The summed E-state index contributed by atoms with van der Waals surface area (Å²) in [6.45, 7) is 1.85. The molecule has 2 aromatic heterocycles. The molecular formula is C25H23ClN2O4S. The van der Waals surface area contributed by atoms with Crippen LogP contribution in [0.15, 0.2) is 57.6 Å². The van der Waals surface area contributed by atoms with Gasteiger partial charge in [-0.2, -0.15) is 5.10 Å². The second-order valence-electron chi connectivity index (χ2n) is 8.50. The van der Waals surface area contributed by atoms with Crippen LogP contribution in [0.5, 0.6) is 0 Å². The second kappa shape index (κ2) is 9.15. The van der Waals surface area contributed by atoms with E-state index in [1.807, 2.05) is 23.6 Å². The molecule has 0 spiro atoms. The van der Waals surface area contributed by atoms with Gasteiger partial charge in [0.05, 0.1) is 17.5 Å². The molecule has 0 saturated heterocycles. The van der Waals surface area contributed by atoms with Gasteiger partial charge >= 0.3 is 5.97 Å². The number of hydrazone groups is 1. The van der Waals surface area contributed by atoms with Gasteiger partial charge in [-0.15, -0.1) is 11.3 Å². The van der Waals surface area contributed by atoms with E-state index in [0.29, 0.717) is 28.7 Å². The van der Waals surface area contributed by atoms with Crippen molar-refractivity contribution >= 4 is 40.5 Å². The van der Waals surface area contributed by atoms with Gasteiger partial charge in [-0.1, -0.05) is 30.7 Å². The zero-order valence-corrected chi connectivity index (χ0v) is 19.7. The largest absolute Gasteiger partial charge is 0.467 e. The van der Waals surface area contributed by atoms with Crippen molar-refractivity contribution in [2.75, 3.05) is 6.61 Å². The number of esters is 1. The Balaban J connectivity index is 1.31. The number of fused-ring (bicyclic) bond motifs is 1. The standard InChI is InChI=1S/C25H23ClN2O4S/c1-15-4-9-18-19(14-33-23(18)11-15)25(30)32-13-24(29)28-21(22-3-2-10-31-22)12-20(27-28)16-5-7-17(26)8-6-16/h2-3,5-8,10,14-15,21H,4,9,11-13H2,1H3/t15-,21+/m0/s1. The lowest BCUT2D eigenvalue weighted by molar-refractivity contribution is -0.136. The van der Waals surface area contributed by atoms with Crippen molar-refractivity contribution < 1.29 is 18.7 Å². The number of rotatable bonds is 5. The number of halogens is 1. The zero-order valence-electron chi connectivity index (χ0n) is 18.1. The molecule has 0 fully saturated rings. The van der Waals surface area contributed by atoms with E-state index in [0.717, 1.165) is 36.1 Å². The third-order valence-corrected chi connectivity index (χ3v) is 7.47. The van der Waals surface area contributed by atoms with Crippen LogP contribution >= 0.6 is 22.9 Å². The molecule has 0 radical (unpaired) electrons. The van der Waals surface area contributed by atoms with Gasteiger partial charge in [-0.3, -0.25) is 4.79 Å². The normalized spacial score (nSPS) is 19.8. The van der Waals surface area contributed by atoms with E-state index in [9.17, 15) is 9.59 Å². The fraction of sp³-hybridized carbons (Fsp3) is 0.320. The van der Waals surface area contributed by atoms with Gasteiger partial charge in [-0.25, -0.2) is 9.80 Å². The minimum Gasteiger partial charge on any atom is -0.467 e. The van der Waals surface area contributed by atoms with Gasteiger partial charge < -0.3 is 9.15 Å². The van der Waals surface area contributed by atoms with E-state index in [-0.39, 0.29) is 6.61 Å². The molecule has 2 aliphatic rings. The summed E-state index contributed by atoms with van der Waals surface area (Å²) < 4.78 is 11.0. The van der Waals surface area contributed by atoms with Crippen LogP contribution in [-0.4, -0.2) is 29.2 Å². The van der Waals surface area contributed by atoms with Crippen LogP contribution in [0, 0.1) is 5.92 Å². The number of ether oxygens (including phenoxy) is 1. The molecule has 33 heavy (non-hydrogen) atoms. The molecule has 1 aliphatic heterocycles. The summed E-state index contributed by atoms with van der Waals surface area (Å²) in [5.74, 6) is 0.406. The Labute approximate surface area is 200 Å². The number of thiophene rings is 1. The van der Waals surface area contributed by atoms with Crippen LogP contribution in [0.3, 0.4) is 0 Å². The monoisotopic (exact) mass is 482 g/mol. The predicted molar refractivity (Wildman–Crippen MR) is 127 cm³/mol. The molecule has 0 unspecified atom stereocenters. The summed E-state index contributed by atoms with van der Waals surface area (Å²) in [4.78, 5) is 27.1. The van der Waals surface area contributed by atoms with E-state index in [1.165, 1.54) is 9.89 Å². The maximum atomic E-state index is 13.1. The maximum Gasteiger partial charge on any atom is 0.339 e. The minimum atomic E-state index is -0.453. The Morgan fingerprint density at radius 2 is 2.06 bits per heavy atom. The molecule has 6 nitrogen and oxygen atoms in total. The van der Waals surface area contributed by atoms with E-state index < -0.39 is 17.9 Å². The summed E-state index contributed by atoms with van der Waals surface area (Å²) in [5.41, 5.74) is 3.29. The summed E-state index contributed by atoms with van der Waals surface area (Å²) >= 11 is 7.61. The number of amides is 1. The minimum absolute atomic E-state index is 0.380. The predicted octanol–water partition coefficient (Wildman–Crippen LogP) is 5.65. The average Bonchev–Trinajstić information content (AvgIpc) is 3.56. The molecular weight excluding hydrogens is 460 g/mol. The van der Waals surface area contributed by atoms with Gasteiger partial charge in [0.25, 0.3) is 5.91 Å². The number of benzene rings is 1. The highest BCUT2D eigenvalue weighted by Gasteiger charge is 2.35. The van der Waals surface area contributed by atoms with Gasteiger partial charge in [0, 0.05) is 21.7 Å². The van der Waals surface area contributed by atoms with Gasteiger partial charge in [0.2, 0.25) is 0 Å². The van der Waals surface area contributed by atoms with Crippen molar-refractivity contribution in [2.45, 2.75) is 38.6 Å². The molecule has 0 saturated carbocycles. The molecule has 3 heterocycles. The van der Waals surface area contributed by atoms with Crippen LogP contribution in [0.1, 0.15) is 57.9 Å². The fourth-order valence-electron chi connectivity index (χ4n) is 4.38. The highest BCUT2D eigenvalue weighted by Crippen LogP contribution is 2.35. The summed E-state index contributed by atoms with van der Waals surface area (Å²) in [7, 11) is 0. The first-order chi connectivity index (χ1) is 16.0. The molecule has 1 aromatic carbocycles. The van der Waals surface area contributed by atoms with Crippen molar-refractivity contribution in [3.63, 3.8) is 0 Å². The summed E-state index contributed by atoms with van der Waals surface area (Å²) in [6.07, 6.45) is 4.99. The molecule has 1 amide bonds. The van der Waals surface area contributed by atoms with Gasteiger partial charge in [-0.05, 0) is 60.6 Å². The highest BCUT2D eigenvalue weighted by molar-refractivity contribution is 7.10. The average molecular weight is 483 g/mol. The Kier molecular flexibility index (Phi) is 6.08. The van der Waals surface area contributed by atoms with E-state index in [1.54, 1.807) is 35.8 Å². The molecule has 2 atom stereocenters. The molecule has 5 rings (SSSR count). The quantitative estimate of drug-likeness (QED) is 0.440. The molecule has 3 aromatic rings. The summed E-state index contributed by atoms with van der Waals surface area (Å²) in [5, 5.41) is 8.40. The Morgan fingerprint density at radius 3 is 2.82 bits per heavy atom. The molecule has 0 bridgehead atoms. The third kappa shape index (κ3) is 4.48. The van der Waals surface area contributed by atoms with Crippen LogP contribution in [0.2, 0.25) is 5.02 Å². The molecule has 0 N–H and O–H groups in total. The first-order valence-corrected chi connectivity index (χ1v) is 12.2. The smallest absolute Gasteiger partial charge is 0.339 e. The third-order valence-electron chi connectivity index (χ3n) is 6.16. The molecule has 1 aliphatic carbocycles. The maximum absolute atomic E-state index is 13.1. The first-order valence-electron chi connectivity index (χ1n) is 10.9. The van der Waals surface area contributed by atoms with E-state index in [4.69, 9.17) is 20.8 Å². The van der Waals surface area contributed by atoms with E-state index in [2.05, 4.69) is 12.0 Å². The Morgan fingerprint density at radius 1 is 1.24 bits per heavy atom. The molecule has 8 heteroatoms. The number of furan rings is 1. The summed E-state index contributed by atoms with van der Waals surface area (Å²) in [6, 6.07) is 10.5. The second-order valence-corrected chi connectivity index (χ2v) is 9.90. The lowest BCUT2D eigenvalue weighted by atomic mass is 9.88. The Bertz CT molecular complexity index is 1200. The van der Waals surface area contributed by atoms with Crippen molar-refractivity contribution in [1.82, 2.24) is 5.01 Å². The topological polar surface area (TPSA) is 72.1 Å². The van der Waals surface area contributed by atoms with Crippen molar-refractivity contribution in [2.24, 2.45) is 11.0 Å². The van der Waals surface area contributed by atoms with Gasteiger partial charge in [0.15, 0.2) is 6.61 Å². The lowest BCUT2D eigenvalue weighted by Gasteiger charge is -2.20. The van der Waals surface area contributed by atoms with Crippen molar-refractivity contribution in [3.8, 4) is 0 Å². The van der Waals surface area contributed by atoms with Gasteiger partial charge in [0.1, 0.15) is 11.8 Å². The number of hydrogen-bond donors (Lipinski definition) is 0. The van der Waals surface area contributed by atoms with Crippen LogP contribution in [0.25, 0.3) is 0 Å². The number of carbonyl (C=O) groups excluding carboxylic acids is 2. The molecule has 170 valence electrons. The number of carbonyl (C=O) groups is 2. The Hall–Kier alpha value is -2.90.